The molecule has 0 bridgehead atoms. The van der Waals surface area contributed by atoms with Crippen molar-refractivity contribution in [3.05, 3.63) is 107 Å². The van der Waals surface area contributed by atoms with Crippen LogP contribution in [0.2, 0.25) is 0 Å². The number of sulfonamides is 1. The van der Waals surface area contributed by atoms with Gasteiger partial charge in [0.25, 0.3) is 11.8 Å². The van der Waals surface area contributed by atoms with Crippen LogP contribution >= 0.6 is 0 Å². The van der Waals surface area contributed by atoms with E-state index in [9.17, 15) is 22.8 Å². The van der Waals surface area contributed by atoms with Crippen LogP contribution in [0.5, 0.6) is 0 Å². The summed E-state index contributed by atoms with van der Waals surface area (Å²) < 4.78 is 31.1. The fourth-order valence-electron chi connectivity index (χ4n) is 5.29. The Labute approximate surface area is 256 Å². The number of piperazine rings is 1. The molecule has 1 aliphatic heterocycles. The maximum absolute atomic E-state index is 14.4. The first kappa shape index (κ1) is 30.8. The lowest BCUT2D eigenvalue weighted by Crippen LogP contribution is -2.47. The molecular formula is C32H36N6O5S. The smallest absolute Gasteiger partial charge is 0.334 e. The number of hydrogen-bond donors (Lipinski definition) is 3. The fourth-order valence-corrected chi connectivity index (χ4v) is 6.44. The topological polar surface area (TPSA) is 135 Å². The van der Waals surface area contributed by atoms with Gasteiger partial charge in [-0.25, -0.2) is 13.2 Å². The molecule has 0 aliphatic carbocycles. The van der Waals surface area contributed by atoms with Crippen LogP contribution < -0.4 is 21.0 Å². The number of benzene rings is 3. The zero-order chi connectivity index (χ0) is 31.1. The summed E-state index contributed by atoms with van der Waals surface area (Å²) in [5.74, 6) is -0.706. The highest BCUT2D eigenvalue weighted by atomic mass is 32.2. The largest absolute Gasteiger partial charge is 0.350 e. The van der Waals surface area contributed by atoms with E-state index in [0.717, 1.165) is 0 Å². The Bertz CT molecular complexity index is 1780. The van der Waals surface area contributed by atoms with Crippen molar-refractivity contribution in [2.24, 2.45) is 0 Å². The number of imidazole rings is 1. The molecule has 1 fully saturated rings. The van der Waals surface area contributed by atoms with Gasteiger partial charge in [0.1, 0.15) is 5.69 Å². The second-order valence-electron chi connectivity index (χ2n) is 10.4. The van der Waals surface area contributed by atoms with Crippen LogP contribution in [0.3, 0.4) is 0 Å². The Morgan fingerprint density at radius 3 is 2.20 bits per heavy atom. The van der Waals surface area contributed by atoms with Crippen LogP contribution in [0.25, 0.3) is 16.9 Å². The van der Waals surface area contributed by atoms with Gasteiger partial charge < -0.3 is 15.5 Å². The third kappa shape index (κ3) is 6.76. The maximum atomic E-state index is 14.4. The van der Waals surface area contributed by atoms with E-state index < -0.39 is 15.7 Å². The van der Waals surface area contributed by atoms with E-state index in [0.29, 0.717) is 49.4 Å². The van der Waals surface area contributed by atoms with E-state index >= 15 is 0 Å². The second-order valence-corrected chi connectivity index (χ2v) is 12.3. The average Bonchev–Trinajstić information content (AvgIpc) is 3.33. The van der Waals surface area contributed by atoms with Crippen molar-refractivity contribution in [3.8, 4) is 16.9 Å². The first-order chi connectivity index (χ1) is 21.3. The average molecular weight is 617 g/mol. The van der Waals surface area contributed by atoms with Crippen molar-refractivity contribution in [1.82, 2.24) is 24.7 Å². The number of anilines is 1. The highest BCUT2D eigenvalue weighted by molar-refractivity contribution is 7.92. The van der Waals surface area contributed by atoms with Crippen LogP contribution in [0.1, 0.15) is 34.2 Å². The van der Waals surface area contributed by atoms with E-state index in [1.54, 1.807) is 60.4 Å². The molecule has 2 amide bonds. The molecule has 1 aromatic heterocycles. The van der Waals surface area contributed by atoms with Crippen molar-refractivity contribution in [2.75, 3.05) is 43.2 Å². The molecule has 2 heterocycles. The normalized spacial score (nSPS) is 13.4. The molecule has 11 nitrogen and oxygen atoms in total. The molecule has 0 unspecified atom stereocenters. The number of para-hydroxylation sites is 2. The molecule has 0 saturated carbocycles. The number of carbonyl (C=O) groups excluding carboxylic acids is 2. The van der Waals surface area contributed by atoms with Crippen molar-refractivity contribution in [3.63, 3.8) is 0 Å². The highest BCUT2D eigenvalue weighted by Gasteiger charge is 2.31. The number of hydrogen-bond acceptors (Lipinski definition) is 6. The molecule has 1 aliphatic rings. The third-order valence-corrected chi connectivity index (χ3v) is 8.81. The summed E-state index contributed by atoms with van der Waals surface area (Å²) in [5, 5.41) is 6.10. The number of nitrogens with one attached hydrogen (secondary N) is 3. The zero-order valence-electron chi connectivity index (χ0n) is 24.5. The van der Waals surface area contributed by atoms with Crippen molar-refractivity contribution < 1.29 is 18.0 Å². The first-order valence-corrected chi connectivity index (χ1v) is 16.3. The molecule has 3 N–H and O–H groups in total. The molecule has 0 radical (unpaired) electrons. The monoisotopic (exact) mass is 616 g/mol. The minimum Gasteiger partial charge on any atom is -0.350 e. The Kier molecular flexibility index (Phi) is 9.61. The van der Waals surface area contributed by atoms with Gasteiger partial charge >= 0.3 is 5.69 Å². The highest BCUT2D eigenvalue weighted by Crippen LogP contribution is 2.31. The Hall–Kier alpha value is -4.68. The number of rotatable bonds is 11. The van der Waals surface area contributed by atoms with Crippen LogP contribution in [0.4, 0.5) is 5.69 Å². The van der Waals surface area contributed by atoms with Gasteiger partial charge in [0.15, 0.2) is 0 Å². The SMILES string of the molecule is CCCS(=O)(=O)Nc1ccccc1-n1c(-c2ccccc2)c(C(=O)N2CCNCC2)n(CCNC(=O)c2ccccc2)c1=O. The number of nitrogens with zero attached hydrogens (tertiary/aromatic N) is 3. The quantitative estimate of drug-likeness (QED) is 0.237. The van der Waals surface area contributed by atoms with Gasteiger partial charge in [-0.05, 0) is 30.7 Å². The Morgan fingerprint density at radius 1 is 0.886 bits per heavy atom. The van der Waals surface area contributed by atoms with E-state index in [1.807, 2.05) is 36.4 Å². The summed E-state index contributed by atoms with van der Waals surface area (Å²) in [6.45, 7) is 4.03. The van der Waals surface area contributed by atoms with Crippen LogP contribution in [-0.4, -0.2) is 72.7 Å². The van der Waals surface area contributed by atoms with Crippen molar-refractivity contribution in [1.29, 1.82) is 0 Å². The fraction of sp³-hybridized carbons (Fsp3) is 0.281. The lowest BCUT2D eigenvalue weighted by Gasteiger charge is -2.28. The Balaban J connectivity index is 1.67. The Morgan fingerprint density at radius 2 is 1.52 bits per heavy atom. The minimum atomic E-state index is -3.69. The summed E-state index contributed by atoms with van der Waals surface area (Å²) in [6.07, 6.45) is 0.418. The standard InChI is InChI=1S/C32H36N6O5S/c1-2-23-44(42,43)35-26-15-9-10-16-27(26)38-28(24-11-5-3-6-12-24)29(31(40)36-20-17-33-18-21-36)37(32(38)41)22-19-34-30(39)25-13-7-4-8-14-25/h3-16,33,35H,2,17-23H2,1H3,(H,34,39). The van der Waals surface area contributed by atoms with Crippen LogP contribution in [0, 0.1) is 0 Å². The minimum absolute atomic E-state index is 0.0150. The number of carbonyl (C=O) groups is 2. The van der Waals surface area contributed by atoms with Gasteiger partial charge in [0.05, 0.1) is 22.8 Å². The van der Waals surface area contributed by atoms with Crippen molar-refractivity contribution in [2.45, 2.75) is 19.9 Å². The predicted molar refractivity (Wildman–Crippen MR) is 171 cm³/mol. The van der Waals surface area contributed by atoms with Gasteiger partial charge in [-0.3, -0.25) is 23.4 Å². The lowest BCUT2D eigenvalue weighted by molar-refractivity contribution is 0.0725. The summed E-state index contributed by atoms with van der Waals surface area (Å²) in [5.41, 5.74) is 1.58. The molecule has 230 valence electrons. The second kappa shape index (κ2) is 13.7. The lowest BCUT2D eigenvalue weighted by atomic mass is 10.1. The third-order valence-electron chi connectivity index (χ3n) is 7.33. The maximum Gasteiger partial charge on any atom is 0.334 e. The van der Waals surface area contributed by atoms with E-state index in [1.165, 1.54) is 9.13 Å². The number of aromatic nitrogens is 2. The number of amides is 2. The molecule has 44 heavy (non-hydrogen) atoms. The molecule has 0 spiro atoms. The molecule has 5 rings (SSSR count). The van der Waals surface area contributed by atoms with Gasteiger partial charge in [0.2, 0.25) is 10.0 Å². The van der Waals surface area contributed by atoms with Gasteiger partial charge in [-0.1, -0.05) is 67.6 Å². The van der Waals surface area contributed by atoms with Gasteiger partial charge in [-0.2, -0.15) is 0 Å². The van der Waals surface area contributed by atoms with Crippen LogP contribution in [0.15, 0.2) is 89.7 Å². The molecule has 12 heteroatoms. The zero-order valence-corrected chi connectivity index (χ0v) is 25.3. The van der Waals surface area contributed by atoms with Gasteiger partial charge in [-0.15, -0.1) is 0 Å². The van der Waals surface area contributed by atoms with E-state index in [2.05, 4.69) is 15.4 Å². The summed E-state index contributed by atoms with van der Waals surface area (Å²) in [6, 6.07) is 24.5. The summed E-state index contributed by atoms with van der Waals surface area (Å²) in [7, 11) is -3.69. The molecular weight excluding hydrogens is 580 g/mol. The van der Waals surface area contributed by atoms with Gasteiger partial charge in [0, 0.05) is 50.4 Å². The first-order valence-electron chi connectivity index (χ1n) is 14.6. The van der Waals surface area contributed by atoms with Crippen LogP contribution in [-0.2, 0) is 16.6 Å². The summed E-state index contributed by atoms with van der Waals surface area (Å²) >= 11 is 0. The molecule has 4 aromatic rings. The van der Waals surface area contributed by atoms with Crippen molar-refractivity contribution >= 4 is 27.5 Å². The summed E-state index contributed by atoms with van der Waals surface area (Å²) in [4.78, 5) is 43.2. The molecule has 1 saturated heterocycles. The molecule has 3 aromatic carbocycles. The molecule has 0 atom stereocenters. The predicted octanol–water partition coefficient (Wildman–Crippen LogP) is 2.93. The van der Waals surface area contributed by atoms with E-state index in [4.69, 9.17) is 0 Å². The van der Waals surface area contributed by atoms with E-state index in [-0.39, 0.29) is 47.7 Å².